The number of anilines is 2. The van der Waals surface area contributed by atoms with Gasteiger partial charge in [-0.3, -0.25) is 14.3 Å². The lowest BCUT2D eigenvalue weighted by Gasteiger charge is -2.23. The normalized spacial score (nSPS) is 13.5. The maximum absolute atomic E-state index is 12.9. The van der Waals surface area contributed by atoms with Crippen LogP contribution in [0, 0.1) is 10.5 Å². The highest BCUT2D eigenvalue weighted by atomic mass is 127. The number of fused-ring (bicyclic) bond motifs is 3. The van der Waals surface area contributed by atoms with Gasteiger partial charge in [-0.25, -0.2) is 0 Å². The SMILES string of the molecule is Cc1nnc2n1-c1ccc(I)cc1N(c1ccccc1)C(=O)C2. The Hall–Kier alpha value is -2.22. The molecule has 114 valence electrons. The van der Waals surface area contributed by atoms with Gasteiger partial charge in [-0.2, -0.15) is 0 Å². The van der Waals surface area contributed by atoms with Crippen molar-refractivity contribution >= 4 is 39.9 Å². The summed E-state index contributed by atoms with van der Waals surface area (Å²) in [6, 6.07) is 15.8. The van der Waals surface area contributed by atoms with Gasteiger partial charge in [-0.05, 0) is 59.8 Å². The number of benzene rings is 2. The fraction of sp³-hybridized carbons (Fsp3) is 0.118. The molecule has 1 amide bonds. The molecule has 4 rings (SSSR count). The van der Waals surface area contributed by atoms with Crippen LogP contribution < -0.4 is 4.90 Å². The van der Waals surface area contributed by atoms with Gasteiger partial charge in [0, 0.05) is 9.26 Å². The second-order valence-corrected chi connectivity index (χ2v) is 6.62. The van der Waals surface area contributed by atoms with Gasteiger partial charge in [0.15, 0.2) is 0 Å². The molecule has 5 nitrogen and oxygen atoms in total. The van der Waals surface area contributed by atoms with E-state index in [2.05, 4.69) is 32.8 Å². The van der Waals surface area contributed by atoms with Crippen LogP contribution in [0.25, 0.3) is 5.69 Å². The van der Waals surface area contributed by atoms with Crippen molar-refractivity contribution in [2.75, 3.05) is 4.90 Å². The molecule has 6 heteroatoms. The van der Waals surface area contributed by atoms with Crippen molar-refractivity contribution in [2.45, 2.75) is 13.3 Å². The first kappa shape index (κ1) is 14.4. The molecule has 1 aliphatic heterocycles. The average Bonchev–Trinajstić information content (AvgIpc) is 2.84. The van der Waals surface area contributed by atoms with Gasteiger partial charge in [-0.15, -0.1) is 10.2 Å². The Labute approximate surface area is 147 Å². The molecule has 0 saturated heterocycles. The smallest absolute Gasteiger partial charge is 0.239 e. The van der Waals surface area contributed by atoms with E-state index in [9.17, 15) is 4.79 Å². The highest BCUT2D eigenvalue weighted by Crippen LogP contribution is 2.36. The first-order valence-electron chi connectivity index (χ1n) is 7.24. The molecular weight excluding hydrogens is 403 g/mol. The third-order valence-electron chi connectivity index (χ3n) is 3.88. The number of aromatic nitrogens is 3. The highest BCUT2D eigenvalue weighted by Gasteiger charge is 2.29. The molecule has 2 heterocycles. The summed E-state index contributed by atoms with van der Waals surface area (Å²) >= 11 is 2.26. The number of amides is 1. The van der Waals surface area contributed by atoms with E-state index in [0.29, 0.717) is 5.82 Å². The monoisotopic (exact) mass is 416 g/mol. The fourth-order valence-electron chi connectivity index (χ4n) is 2.91. The molecule has 1 aliphatic rings. The molecular formula is C17H13IN4O. The molecule has 0 unspecified atom stereocenters. The molecule has 0 fully saturated rings. The van der Waals surface area contributed by atoms with Crippen molar-refractivity contribution in [3.8, 4) is 5.69 Å². The number of hydrogen-bond donors (Lipinski definition) is 0. The van der Waals surface area contributed by atoms with Crippen molar-refractivity contribution in [3.63, 3.8) is 0 Å². The van der Waals surface area contributed by atoms with Crippen LogP contribution in [0.3, 0.4) is 0 Å². The summed E-state index contributed by atoms with van der Waals surface area (Å²) in [5.74, 6) is 1.45. The van der Waals surface area contributed by atoms with E-state index in [-0.39, 0.29) is 12.3 Å². The van der Waals surface area contributed by atoms with Crippen molar-refractivity contribution < 1.29 is 4.79 Å². The van der Waals surface area contributed by atoms with Crippen LogP contribution in [0.4, 0.5) is 11.4 Å². The van der Waals surface area contributed by atoms with Gasteiger partial charge in [-0.1, -0.05) is 18.2 Å². The number of halogens is 1. The Morgan fingerprint density at radius 1 is 1.04 bits per heavy atom. The summed E-state index contributed by atoms with van der Waals surface area (Å²) in [4.78, 5) is 14.7. The number of carbonyl (C=O) groups is 1. The molecule has 0 aliphatic carbocycles. The van der Waals surface area contributed by atoms with E-state index >= 15 is 0 Å². The third-order valence-corrected chi connectivity index (χ3v) is 4.56. The minimum atomic E-state index is -0.00870. The molecule has 2 aromatic carbocycles. The van der Waals surface area contributed by atoms with Gasteiger partial charge in [0.05, 0.1) is 17.8 Å². The van der Waals surface area contributed by atoms with Gasteiger partial charge >= 0.3 is 0 Å². The quantitative estimate of drug-likeness (QED) is 0.572. The van der Waals surface area contributed by atoms with Gasteiger partial charge in [0.25, 0.3) is 0 Å². The van der Waals surface area contributed by atoms with E-state index in [1.165, 1.54) is 0 Å². The minimum absolute atomic E-state index is 0.00870. The molecule has 0 saturated carbocycles. The summed E-state index contributed by atoms with van der Waals surface area (Å²) in [7, 11) is 0. The van der Waals surface area contributed by atoms with E-state index < -0.39 is 0 Å². The largest absolute Gasteiger partial charge is 0.281 e. The van der Waals surface area contributed by atoms with Crippen LogP contribution in [-0.4, -0.2) is 20.7 Å². The number of nitrogens with zero attached hydrogens (tertiary/aromatic N) is 4. The Morgan fingerprint density at radius 3 is 2.61 bits per heavy atom. The molecule has 23 heavy (non-hydrogen) atoms. The number of para-hydroxylation sites is 1. The molecule has 0 spiro atoms. The summed E-state index contributed by atoms with van der Waals surface area (Å²) < 4.78 is 3.04. The fourth-order valence-corrected chi connectivity index (χ4v) is 3.38. The van der Waals surface area contributed by atoms with Crippen LogP contribution >= 0.6 is 22.6 Å². The van der Waals surface area contributed by atoms with Crippen LogP contribution in [0.2, 0.25) is 0 Å². The zero-order valence-corrected chi connectivity index (χ0v) is 14.6. The maximum Gasteiger partial charge on any atom is 0.239 e. The lowest BCUT2D eigenvalue weighted by Crippen LogP contribution is -2.26. The zero-order chi connectivity index (χ0) is 16.0. The Kier molecular flexibility index (Phi) is 3.41. The number of carbonyl (C=O) groups excluding carboxylic acids is 1. The molecule has 0 atom stereocenters. The zero-order valence-electron chi connectivity index (χ0n) is 12.4. The van der Waals surface area contributed by atoms with Gasteiger partial charge < -0.3 is 0 Å². The van der Waals surface area contributed by atoms with Crippen molar-refractivity contribution in [2.24, 2.45) is 0 Å². The maximum atomic E-state index is 12.9. The average molecular weight is 416 g/mol. The molecule has 0 radical (unpaired) electrons. The van der Waals surface area contributed by atoms with E-state index in [1.807, 2.05) is 60.0 Å². The van der Waals surface area contributed by atoms with E-state index in [1.54, 1.807) is 4.90 Å². The molecule has 0 bridgehead atoms. The summed E-state index contributed by atoms with van der Waals surface area (Å²) in [5.41, 5.74) is 2.64. The number of aryl methyl sites for hydroxylation is 1. The van der Waals surface area contributed by atoms with Crippen molar-refractivity contribution in [1.82, 2.24) is 14.8 Å². The summed E-state index contributed by atoms with van der Waals surface area (Å²) in [6.07, 6.45) is 0.223. The van der Waals surface area contributed by atoms with Gasteiger partial charge in [0.1, 0.15) is 11.6 Å². The second kappa shape index (κ2) is 5.45. The lowest BCUT2D eigenvalue weighted by molar-refractivity contribution is -0.117. The summed E-state index contributed by atoms with van der Waals surface area (Å²) in [5, 5.41) is 8.31. The first-order chi connectivity index (χ1) is 11.1. The second-order valence-electron chi connectivity index (χ2n) is 5.37. The van der Waals surface area contributed by atoms with Crippen LogP contribution in [-0.2, 0) is 11.2 Å². The van der Waals surface area contributed by atoms with E-state index in [0.717, 1.165) is 26.5 Å². The molecule has 0 N–H and O–H groups in total. The van der Waals surface area contributed by atoms with Crippen LogP contribution in [0.1, 0.15) is 11.6 Å². The van der Waals surface area contributed by atoms with Crippen LogP contribution in [0.5, 0.6) is 0 Å². The lowest BCUT2D eigenvalue weighted by atomic mass is 10.2. The molecule has 1 aromatic heterocycles. The minimum Gasteiger partial charge on any atom is -0.281 e. The molecule has 3 aromatic rings. The van der Waals surface area contributed by atoms with Crippen molar-refractivity contribution in [1.29, 1.82) is 0 Å². The Bertz CT molecular complexity index is 904. The number of hydrogen-bond acceptors (Lipinski definition) is 3. The van der Waals surface area contributed by atoms with E-state index in [4.69, 9.17) is 0 Å². The van der Waals surface area contributed by atoms with Crippen LogP contribution in [0.15, 0.2) is 48.5 Å². The standard InChI is InChI=1S/C17H13IN4O/c1-11-19-20-16-10-17(23)22(13-5-3-2-4-6-13)15-9-12(18)7-8-14(15)21(11)16/h2-9H,10H2,1H3. The predicted molar refractivity (Wildman–Crippen MR) is 96.1 cm³/mol. The predicted octanol–water partition coefficient (Wildman–Crippen LogP) is 3.40. The number of rotatable bonds is 1. The Balaban J connectivity index is 2.02. The topological polar surface area (TPSA) is 51.0 Å². The first-order valence-corrected chi connectivity index (χ1v) is 8.32. The highest BCUT2D eigenvalue weighted by molar-refractivity contribution is 14.1. The van der Waals surface area contributed by atoms with Gasteiger partial charge in [0.2, 0.25) is 5.91 Å². The Morgan fingerprint density at radius 2 is 1.83 bits per heavy atom. The third kappa shape index (κ3) is 2.33. The summed E-state index contributed by atoms with van der Waals surface area (Å²) in [6.45, 7) is 1.90. The van der Waals surface area contributed by atoms with Crippen molar-refractivity contribution in [3.05, 3.63) is 63.7 Å².